The lowest BCUT2D eigenvalue weighted by Crippen LogP contribution is -2.51. The van der Waals surface area contributed by atoms with Crippen LogP contribution < -0.4 is 16.2 Å². The summed E-state index contributed by atoms with van der Waals surface area (Å²) < 4.78 is 0. The molecule has 19 heavy (non-hydrogen) atoms. The molecule has 0 radical (unpaired) electrons. The second kappa shape index (κ2) is 6.49. The second-order valence-corrected chi connectivity index (χ2v) is 4.83. The third-order valence-corrected chi connectivity index (χ3v) is 3.55. The molecule has 0 spiro atoms. The number of amides is 1. The molecular formula is C13H21N5O. The van der Waals surface area contributed by atoms with Gasteiger partial charge in [0.05, 0.1) is 0 Å². The molecule has 2 heterocycles. The average molecular weight is 263 g/mol. The van der Waals surface area contributed by atoms with Gasteiger partial charge in [-0.1, -0.05) is 6.07 Å². The zero-order valence-electron chi connectivity index (χ0n) is 11.2. The van der Waals surface area contributed by atoms with Gasteiger partial charge in [-0.15, -0.1) is 0 Å². The first kappa shape index (κ1) is 13.8. The largest absolute Gasteiger partial charge is 0.354 e. The number of nitrogens with zero attached hydrogens (tertiary/aromatic N) is 3. The second-order valence-electron chi connectivity index (χ2n) is 4.83. The average Bonchev–Trinajstić information content (AvgIpc) is 2.48. The number of carbonyl (C=O) groups is 1. The molecule has 0 saturated carbocycles. The van der Waals surface area contributed by atoms with Gasteiger partial charge in [-0.25, -0.2) is 10.8 Å². The van der Waals surface area contributed by atoms with Crippen LogP contribution in [0.5, 0.6) is 0 Å². The Labute approximate surface area is 113 Å². The smallest absolute Gasteiger partial charge is 0.235 e. The molecule has 1 fully saturated rings. The number of anilines is 1. The zero-order valence-corrected chi connectivity index (χ0v) is 11.2. The molecule has 2 rings (SSSR count). The predicted molar refractivity (Wildman–Crippen MR) is 74.4 cm³/mol. The molecule has 1 atom stereocenters. The fourth-order valence-corrected chi connectivity index (χ4v) is 2.39. The van der Waals surface area contributed by atoms with Gasteiger partial charge in [0.15, 0.2) is 0 Å². The number of hydrogen-bond donors (Lipinski definition) is 2. The summed E-state index contributed by atoms with van der Waals surface area (Å²) in [6.07, 6.45) is 2.26. The Morgan fingerprint density at radius 2 is 2.16 bits per heavy atom. The fraction of sp³-hybridized carbons (Fsp3) is 0.538. The van der Waals surface area contributed by atoms with E-state index in [2.05, 4.69) is 27.1 Å². The molecule has 1 amide bonds. The number of hydrogen-bond acceptors (Lipinski definition) is 5. The van der Waals surface area contributed by atoms with E-state index in [0.717, 1.165) is 32.0 Å². The van der Waals surface area contributed by atoms with E-state index in [1.807, 2.05) is 24.4 Å². The maximum atomic E-state index is 11.3. The molecule has 6 heteroatoms. The van der Waals surface area contributed by atoms with E-state index in [1.54, 1.807) is 0 Å². The Hall–Kier alpha value is -1.66. The molecule has 0 aromatic carbocycles. The van der Waals surface area contributed by atoms with Crippen molar-refractivity contribution in [3.63, 3.8) is 0 Å². The Balaban J connectivity index is 1.84. The Morgan fingerprint density at radius 3 is 2.74 bits per heavy atom. The van der Waals surface area contributed by atoms with Crippen LogP contribution >= 0.6 is 0 Å². The summed E-state index contributed by atoms with van der Waals surface area (Å²) in [6.45, 7) is 5.81. The molecular weight excluding hydrogens is 242 g/mol. The van der Waals surface area contributed by atoms with Gasteiger partial charge in [0.2, 0.25) is 5.91 Å². The number of carbonyl (C=O) groups excluding carboxylic acids is 1. The van der Waals surface area contributed by atoms with Gasteiger partial charge in [-0.2, -0.15) is 0 Å². The first-order valence-electron chi connectivity index (χ1n) is 6.60. The molecule has 3 N–H and O–H groups in total. The maximum absolute atomic E-state index is 11.3. The molecule has 1 aliphatic rings. The van der Waals surface area contributed by atoms with Crippen molar-refractivity contribution in [3.05, 3.63) is 24.4 Å². The Kier molecular flexibility index (Phi) is 4.70. The van der Waals surface area contributed by atoms with Gasteiger partial charge in [0.25, 0.3) is 0 Å². The third-order valence-electron chi connectivity index (χ3n) is 3.55. The molecule has 1 unspecified atom stereocenters. The van der Waals surface area contributed by atoms with Gasteiger partial charge >= 0.3 is 0 Å². The van der Waals surface area contributed by atoms with E-state index in [0.29, 0.717) is 6.42 Å². The van der Waals surface area contributed by atoms with Crippen molar-refractivity contribution >= 4 is 11.7 Å². The van der Waals surface area contributed by atoms with E-state index in [-0.39, 0.29) is 11.9 Å². The molecule has 1 aromatic rings. The highest BCUT2D eigenvalue weighted by atomic mass is 16.2. The SMILES string of the molecule is CC(CC(=O)NN)N1CCN(c2ccccn2)CC1. The van der Waals surface area contributed by atoms with Crippen molar-refractivity contribution < 1.29 is 4.79 Å². The first-order valence-corrected chi connectivity index (χ1v) is 6.60. The standard InChI is InChI=1S/C13H21N5O/c1-11(10-13(19)16-14)17-6-8-18(9-7-17)12-4-2-3-5-15-12/h2-5,11H,6-10,14H2,1H3,(H,16,19). The first-order chi connectivity index (χ1) is 9.20. The highest BCUT2D eigenvalue weighted by Gasteiger charge is 2.22. The topological polar surface area (TPSA) is 74.5 Å². The summed E-state index contributed by atoms with van der Waals surface area (Å²) in [7, 11) is 0. The number of aromatic nitrogens is 1. The third kappa shape index (κ3) is 3.65. The molecule has 1 saturated heterocycles. The van der Waals surface area contributed by atoms with Gasteiger partial charge in [0.1, 0.15) is 5.82 Å². The van der Waals surface area contributed by atoms with Gasteiger partial charge < -0.3 is 4.90 Å². The highest BCUT2D eigenvalue weighted by molar-refractivity contribution is 5.75. The summed E-state index contributed by atoms with van der Waals surface area (Å²) in [4.78, 5) is 20.2. The molecule has 6 nitrogen and oxygen atoms in total. The monoisotopic (exact) mass is 263 g/mol. The van der Waals surface area contributed by atoms with Crippen LogP contribution in [0.1, 0.15) is 13.3 Å². The lowest BCUT2D eigenvalue weighted by Gasteiger charge is -2.38. The maximum Gasteiger partial charge on any atom is 0.235 e. The molecule has 0 bridgehead atoms. The van der Waals surface area contributed by atoms with E-state index < -0.39 is 0 Å². The normalized spacial score (nSPS) is 18.1. The summed E-state index contributed by atoms with van der Waals surface area (Å²) in [6, 6.07) is 6.17. The number of piperazine rings is 1. The minimum Gasteiger partial charge on any atom is -0.354 e. The van der Waals surface area contributed by atoms with Gasteiger partial charge in [0, 0.05) is 44.8 Å². The number of pyridine rings is 1. The van der Waals surface area contributed by atoms with Crippen LogP contribution in [0, 0.1) is 0 Å². The van der Waals surface area contributed by atoms with Crippen LogP contribution in [-0.4, -0.2) is 48.0 Å². The number of nitrogens with one attached hydrogen (secondary N) is 1. The van der Waals surface area contributed by atoms with Crippen LogP contribution in [-0.2, 0) is 4.79 Å². The molecule has 1 aliphatic heterocycles. The van der Waals surface area contributed by atoms with Crippen molar-refractivity contribution in [3.8, 4) is 0 Å². The Morgan fingerprint density at radius 1 is 1.42 bits per heavy atom. The molecule has 1 aromatic heterocycles. The fourth-order valence-electron chi connectivity index (χ4n) is 2.39. The zero-order chi connectivity index (χ0) is 13.7. The summed E-state index contributed by atoms with van der Waals surface area (Å²) >= 11 is 0. The van der Waals surface area contributed by atoms with Gasteiger partial charge in [-0.05, 0) is 19.1 Å². The van der Waals surface area contributed by atoms with Crippen molar-refractivity contribution in [2.45, 2.75) is 19.4 Å². The van der Waals surface area contributed by atoms with E-state index in [4.69, 9.17) is 5.84 Å². The lowest BCUT2D eigenvalue weighted by atomic mass is 10.1. The lowest BCUT2D eigenvalue weighted by molar-refractivity contribution is -0.122. The van der Waals surface area contributed by atoms with Crippen LogP contribution in [0.3, 0.4) is 0 Å². The molecule has 104 valence electrons. The van der Waals surface area contributed by atoms with Crippen LogP contribution in [0.15, 0.2) is 24.4 Å². The van der Waals surface area contributed by atoms with Crippen molar-refractivity contribution in [2.24, 2.45) is 5.84 Å². The summed E-state index contributed by atoms with van der Waals surface area (Å²) in [5.74, 6) is 6.02. The summed E-state index contributed by atoms with van der Waals surface area (Å²) in [5, 5.41) is 0. The van der Waals surface area contributed by atoms with E-state index in [9.17, 15) is 4.79 Å². The van der Waals surface area contributed by atoms with E-state index >= 15 is 0 Å². The molecule has 0 aliphatic carbocycles. The number of nitrogens with two attached hydrogens (primary N) is 1. The van der Waals surface area contributed by atoms with Crippen molar-refractivity contribution in [1.29, 1.82) is 0 Å². The highest BCUT2D eigenvalue weighted by Crippen LogP contribution is 2.14. The van der Waals surface area contributed by atoms with Gasteiger partial charge in [-0.3, -0.25) is 15.1 Å². The Bertz CT molecular complexity index is 403. The number of hydrazine groups is 1. The van der Waals surface area contributed by atoms with Crippen LogP contribution in [0.25, 0.3) is 0 Å². The minimum absolute atomic E-state index is 0.111. The van der Waals surface area contributed by atoms with Crippen molar-refractivity contribution in [1.82, 2.24) is 15.3 Å². The van der Waals surface area contributed by atoms with E-state index in [1.165, 1.54) is 0 Å². The van der Waals surface area contributed by atoms with Crippen LogP contribution in [0.4, 0.5) is 5.82 Å². The number of rotatable bonds is 4. The summed E-state index contributed by atoms with van der Waals surface area (Å²) in [5.41, 5.74) is 2.18. The van der Waals surface area contributed by atoms with Crippen LogP contribution in [0.2, 0.25) is 0 Å². The minimum atomic E-state index is -0.111. The quantitative estimate of drug-likeness (QED) is 0.453. The van der Waals surface area contributed by atoms with Crippen molar-refractivity contribution in [2.75, 3.05) is 31.1 Å². The predicted octanol–water partition coefficient (Wildman–Crippen LogP) is -0.0279.